The summed E-state index contributed by atoms with van der Waals surface area (Å²) < 4.78 is 25.3. The zero-order valence-electron chi connectivity index (χ0n) is 11.9. The zero-order chi connectivity index (χ0) is 15.6. The molecule has 5 heteroatoms. The van der Waals surface area contributed by atoms with Crippen LogP contribution in [0.4, 0.5) is 4.39 Å². The van der Waals surface area contributed by atoms with E-state index in [9.17, 15) is 4.39 Å². The maximum absolute atomic E-state index is 14.1. The lowest BCUT2D eigenvalue weighted by Crippen LogP contribution is -2.00. The molecule has 0 radical (unpaired) electrons. The first-order valence-corrected chi connectivity index (χ1v) is 7.52. The van der Waals surface area contributed by atoms with Crippen molar-refractivity contribution in [1.29, 1.82) is 0 Å². The first kappa shape index (κ1) is 16.1. The average Bonchev–Trinajstić information content (AvgIpc) is 2.46. The Balaban J connectivity index is 2.50. The van der Waals surface area contributed by atoms with Gasteiger partial charge in [-0.1, -0.05) is 28.1 Å². The number of hydrogen-bond acceptors (Lipinski definition) is 2. The monoisotopic (exact) mass is 372 g/mol. The molecule has 0 aromatic heterocycles. The van der Waals surface area contributed by atoms with Crippen molar-refractivity contribution in [2.75, 3.05) is 14.2 Å². The van der Waals surface area contributed by atoms with Gasteiger partial charge in [-0.05, 0) is 36.2 Å². The fourth-order valence-electron chi connectivity index (χ4n) is 2.07. The molecular formula is C16H15BrClFO2. The summed E-state index contributed by atoms with van der Waals surface area (Å²) in [6, 6.07) is 8.52. The lowest BCUT2D eigenvalue weighted by atomic mass is 10.0. The van der Waals surface area contributed by atoms with Crippen molar-refractivity contribution in [3.8, 4) is 11.5 Å². The van der Waals surface area contributed by atoms with Crippen molar-refractivity contribution in [2.24, 2.45) is 0 Å². The van der Waals surface area contributed by atoms with Gasteiger partial charge in [0.25, 0.3) is 0 Å². The Morgan fingerprint density at radius 3 is 2.24 bits per heavy atom. The van der Waals surface area contributed by atoms with Gasteiger partial charge in [0.15, 0.2) is 11.5 Å². The summed E-state index contributed by atoms with van der Waals surface area (Å²) in [5.74, 6) is 0.812. The van der Waals surface area contributed by atoms with Crippen LogP contribution < -0.4 is 9.47 Å². The second kappa shape index (κ2) is 6.67. The van der Waals surface area contributed by atoms with Crippen molar-refractivity contribution >= 4 is 27.5 Å². The van der Waals surface area contributed by atoms with Gasteiger partial charge in [0.2, 0.25) is 0 Å². The number of methoxy groups -OCH3 is 2. The zero-order valence-corrected chi connectivity index (χ0v) is 14.3. The summed E-state index contributed by atoms with van der Waals surface area (Å²) in [4.78, 5) is 0. The van der Waals surface area contributed by atoms with Gasteiger partial charge in [0.1, 0.15) is 5.82 Å². The summed E-state index contributed by atoms with van der Waals surface area (Å²) in [6.45, 7) is 1.84. The van der Waals surface area contributed by atoms with Crippen LogP contribution in [-0.2, 0) is 0 Å². The normalized spacial score (nSPS) is 12.1. The maximum Gasteiger partial charge on any atom is 0.161 e. The number of ether oxygens (including phenoxy) is 2. The van der Waals surface area contributed by atoms with Crippen molar-refractivity contribution in [3.63, 3.8) is 0 Å². The summed E-state index contributed by atoms with van der Waals surface area (Å²) in [5.41, 5.74) is 2.00. The number of hydrogen-bond donors (Lipinski definition) is 0. The highest BCUT2D eigenvalue weighted by atomic mass is 79.9. The Morgan fingerprint density at radius 2 is 1.67 bits per heavy atom. The SMILES string of the molecule is COc1cc(Br)c(C(Cl)c2ccc(C)cc2F)cc1OC. The van der Waals surface area contributed by atoms with Crippen molar-refractivity contribution in [1.82, 2.24) is 0 Å². The van der Waals surface area contributed by atoms with Gasteiger partial charge >= 0.3 is 0 Å². The Kier molecular flexibility index (Phi) is 5.12. The molecule has 0 amide bonds. The number of rotatable bonds is 4. The summed E-state index contributed by atoms with van der Waals surface area (Å²) in [6.07, 6.45) is 0. The second-order valence-electron chi connectivity index (χ2n) is 4.62. The Hall–Kier alpha value is -1.26. The minimum Gasteiger partial charge on any atom is -0.493 e. The third kappa shape index (κ3) is 3.33. The van der Waals surface area contributed by atoms with Gasteiger partial charge in [-0.25, -0.2) is 4.39 Å². The van der Waals surface area contributed by atoms with Crippen LogP contribution in [-0.4, -0.2) is 14.2 Å². The molecule has 2 aromatic carbocycles. The molecule has 0 aliphatic rings. The van der Waals surface area contributed by atoms with E-state index in [1.807, 2.05) is 13.0 Å². The molecule has 0 bridgehead atoms. The molecule has 0 spiro atoms. The molecule has 1 unspecified atom stereocenters. The lowest BCUT2D eigenvalue weighted by Gasteiger charge is -2.16. The van der Waals surface area contributed by atoms with E-state index in [4.69, 9.17) is 21.1 Å². The molecule has 0 aliphatic carbocycles. The minimum absolute atomic E-state index is 0.323. The predicted molar refractivity (Wildman–Crippen MR) is 86.1 cm³/mol. The number of alkyl halides is 1. The predicted octanol–water partition coefficient (Wildman–Crippen LogP) is 5.24. The molecule has 112 valence electrons. The van der Waals surface area contributed by atoms with Crippen LogP contribution in [0.3, 0.4) is 0 Å². The molecule has 0 N–H and O–H groups in total. The van der Waals surface area contributed by atoms with Crippen molar-refractivity contribution in [3.05, 3.63) is 57.3 Å². The molecule has 2 nitrogen and oxygen atoms in total. The number of aryl methyl sites for hydroxylation is 1. The highest BCUT2D eigenvalue weighted by Gasteiger charge is 2.20. The standard InChI is InChI=1S/C16H15BrClFO2/c1-9-4-5-10(13(19)6-9)16(18)11-7-14(20-2)15(21-3)8-12(11)17/h4-8,16H,1-3H3. The maximum atomic E-state index is 14.1. The van der Waals surface area contributed by atoms with Crippen LogP contribution >= 0.6 is 27.5 Å². The van der Waals surface area contributed by atoms with E-state index in [2.05, 4.69) is 15.9 Å². The van der Waals surface area contributed by atoms with E-state index >= 15 is 0 Å². The molecular weight excluding hydrogens is 359 g/mol. The van der Waals surface area contributed by atoms with Gasteiger partial charge in [-0.2, -0.15) is 0 Å². The van der Waals surface area contributed by atoms with Crippen LogP contribution in [0.2, 0.25) is 0 Å². The molecule has 1 atom stereocenters. The first-order valence-electron chi connectivity index (χ1n) is 6.29. The smallest absolute Gasteiger partial charge is 0.161 e. The summed E-state index contributed by atoms with van der Waals surface area (Å²) in [5, 5.41) is -0.625. The molecule has 0 heterocycles. The van der Waals surface area contributed by atoms with Crippen LogP contribution in [0.25, 0.3) is 0 Å². The molecule has 0 saturated heterocycles. The number of halogens is 3. The molecule has 0 saturated carbocycles. The van der Waals surface area contributed by atoms with Crippen LogP contribution in [0.15, 0.2) is 34.8 Å². The van der Waals surface area contributed by atoms with Crippen LogP contribution in [0, 0.1) is 12.7 Å². The Labute approximate surface area is 137 Å². The number of benzene rings is 2. The molecule has 0 aliphatic heterocycles. The average molecular weight is 374 g/mol. The fourth-order valence-corrected chi connectivity index (χ4v) is 3.11. The van der Waals surface area contributed by atoms with Gasteiger partial charge in [0, 0.05) is 10.0 Å². The van der Waals surface area contributed by atoms with E-state index in [0.717, 1.165) is 15.6 Å². The third-order valence-corrected chi connectivity index (χ3v) is 4.36. The summed E-state index contributed by atoms with van der Waals surface area (Å²) in [7, 11) is 3.10. The molecule has 2 aromatic rings. The van der Waals surface area contributed by atoms with Crippen LogP contribution in [0.1, 0.15) is 22.1 Å². The molecule has 0 fully saturated rings. The van der Waals surface area contributed by atoms with E-state index in [0.29, 0.717) is 17.1 Å². The topological polar surface area (TPSA) is 18.5 Å². The minimum atomic E-state index is -0.625. The quantitative estimate of drug-likeness (QED) is 0.682. The van der Waals surface area contributed by atoms with Gasteiger partial charge in [0.05, 0.1) is 19.6 Å². The third-order valence-electron chi connectivity index (χ3n) is 3.20. The molecule has 21 heavy (non-hydrogen) atoms. The first-order chi connectivity index (χ1) is 9.97. The Morgan fingerprint density at radius 1 is 1.05 bits per heavy atom. The van der Waals surface area contributed by atoms with E-state index in [1.165, 1.54) is 6.07 Å². The van der Waals surface area contributed by atoms with Gasteiger partial charge in [-0.15, -0.1) is 11.6 Å². The largest absolute Gasteiger partial charge is 0.493 e. The Bertz CT molecular complexity index is 661. The lowest BCUT2D eigenvalue weighted by molar-refractivity contribution is 0.354. The summed E-state index contributed by atoms with van der Waals surface area (Å²) >= 11 is 9.90. The fraction of sp³-hybridized carbons (Fsp3) is 0.250. The van der Waals surface area contributed by atoms with Crippen LogP contribution in [0.5, 0.6) is 11.5 Å². The molecule has 2 rings (SSSR count). The van der Waals surface area contributed by atoms with Gasteiger partial charge < -0.3 is 9.47 Å². The second-order valence-corrected chi connectivity index (χ2v) is 5.91. The van der Waals surface area contributed by atoms with E-state index in [1.54, 1.807) is 32.4 Å². The van der Waals surface area contributed by atoms with Crippen molar-refractivity contribution < 1.29 is 13.9 Å². The van der Waals surface area contributed by atoms with E-state index < -0.39 is 5.38 Å². The van der Waals surface area contributed by atoms with Crippen molar-refractivity contribution in [2.45, 2.75) is 12.3 Å². The highest BCUT2D eigenvalue weighted by molar-refractivity contribution is 9.10. The van der Waals surface area contributed by atoms with Gasteiger partial charge in [-0.3, -0.25) is 0 Å². The van der Waals surface area contributed by atoms with E-state index in [-0.39, 0.29) is 5.82 Å². The highest BCUT2D eigenvalue weighted by Crippen LogP contribution is 2.41.